The lowest BCUT2D eigenvalue weighted by Crippen LogP contribution is -2.42. The number of aromatic nitrogens is 2. The molecule has 0 bridgehead atoms. The molecular weight excluding hydrogens is 274 g/mol. The van der Waals surface area contributed by atoms with Gasteiger partial charge in [0.05, 0.1) is 18.7 Å². The lowest BCUT2D eigenvalue weighted by molar-refractivity contribution is -0.133. The Bertz CT molecular complexity index is 531. The van der Waals surface area contributed by atoms with Gasteiger partial charge < -0.3 is 10.0 Å². The lowest BCUT2D eigenvalue weighted by atomic mass is 10.1. The van der Waals surface area contributed by atoms with E-state index in [1.165, 1.54) is 0 Å². The first kappa shape index (κ1) is 15.0. The van der Waals surface area contributed by atoms with E-state index in [0.29, 0.717) is 13.0 Å². The van der Waals surface area contributed by atoms with Crippen LogP contribution in [0.4, 0.5) is 0 Å². The standard InChI is InChI=1S/C14H21N3O2S/c1-3-12(4-2)17(5-7-18)13(19)9-11-10-16-6-8-20-14(16)15-11/h6,8,10,12,18H,3-5,7,9H2,1-2H3. The van der Waals surface area contributed by atoms with Gasteiger partial charge in [-0.25, -0.2) is 4.98 Å². The van der Waals surface area contributed by atoms with Gasteiger partial charge >= 0.3 is 0 Å². The van der Waals surface area contributed by atoms with Crippen LogP contribution in [0.15, 0.2) is 17.8 Å². The van der Waals surface area contributed by atoms with Gasteiger partial charge in [0, 0.05) is 30.4 Å². The Hall–Kier alpha value is -1.40. The fourth-order valence-corrected chi connectivity index (χ4v) is 3.18. The summed E-state index contributed by atoms with van der Waals surface area (Å²) in [5.41, 5.74) is 0.788. The van der Waals surface area contributed by atoms with Crippen LogP contribution in [0, 0.1) is 0 Å². The van der Waals surface area contributed by atoms with Crippen LogP contribution in [0.1, 0.15) is 32.4 Å². The molecule has 20 heavy (non-hydrogen) atoms. The monoisotopic (exact) mass is 295 g/mol. The van der Waals surface area contributed by atoms with E-state index < -0.39 is 0 Å². The zero-order chi connectivity index (χ0) is 14.5. The number of imidazole rings is 1. The number of hydrogen-bond acceptors (Lipinski definition) is 4. The molecule has 0 unspecified atom stereocenters. The normalized spacial score (nSPS) is 11.4. The van der Waals surface area contributed by atoms with Crippen molar-refractivity contribution in [1.29, 1.82) is 0 Å². The molecule has 2 rings (SSSR count). The summed E-state index contributed by atoms with van der Waals surface area (Å²) in [6.45, 7) is 4.53. The minimum atomic E-state index is 0.000516. The molecule has 0 aliphatic heterocycles. The average molecular weight is 295 g/mol. The number of aliphatic hydroxyl groups excluding tert-OH is 1. The van der Waals surface area contributed by atoms with Crippen molar-refractivity contribution in [3.8, 4) is 0 Å². The Balaban J connectivity index is 2.09. The first-order valence-corrected chi connectivity index (χ1v) is 7.88. The predicted molar refractivity (Wildman–Crippen MR) is 79.9 cm³/mol. The summed E-state index contributed by atoms with van der Waals surface area (Å²) in [7, 11) is 0. The molecular formula is C14H21N3O2S. The third kappa shape index (κ3) is 3.19. The number of nitrogens with zero attached hydrogens (tertiary/aromatic N) is 3. The highest BCUT2D eigenvalue weighted by atomic mass is 32.1. The van der Waals surface area contributed by atoms with Gasteiger partial charge in [0.1, 0.15) is 0 Å². The molecule has 6 heteroatoms. The van der Waals surface area contributed by atoms with Gasteiger partial charge in [-0.15, -0.1) is 11.3 Å². The predicted octanol–water partition coefficient (Wildman–Crippen LogP) is 1.95. The van der Waals surface area contributed by atoms with Crippen molar-refractivity contribution in [2.24, 2.45) is 0 Å². The molecule has 0 fully saturated rings. The fourth-order valence-electron chi connectivity index (χ4n) is 2.47. The van der Waals surface area contributed by atoms with Crippen molar-refractivity contribution in [1.82, 2.24) is 14.3 Å². The summed E-state index contributed by atoms with van der Waals surface area (Å²) >= 11 is 1.56. The molecule has 2 aromatic heterocycles. The Morgan fingerprint density at radius 1 is 1.50 bits per heavy atom. The molecule has 5 nitrogen and oxygen atoms in total. The number of carbonyl (C=O) groups excluding carboxylic acids is 1. The molecule has 0 saturated carbocycles. The van der Waals surface area contributed by atoms with E-state index in [1.807, 2.05) is 22.2 Å². The highest BCUT2D eigenvalue weighted by Crippen LogP contribution is 2.14. The van der Waals surface area contributed by atoms with E-state index in [-0.39, 0.29) is 18.6 Å². The molecule has 0 radical (unpaired) electrons. The minimum Gasteiger partial charge on any atom is -0.395 e. The lowest BCUT2D eigenvalue weighted by Gasteiger charge is -2.29. The molecule has 110 valence electrons. The fraction of sp³-hybridized carbons (Fsp3) is 0.571. The topological polar surface area (TPSA) is 57.8 Å². The summed E-state index contributed by atoms with van der Waals surface area (Å²) in [6, 6.07) is 0.193. The third-order valence-corrected chi connectivity index (χ3v) is 4.29. The number of carbonyl (C=O) groups is 1. The van der Waals surface area contributed by atoms with E-state index in [0.717, 1.165) is 23.5 Å². The molecule has 0 aliphatic carbocycles. The first-order chi connectivity index (χ1) is 9.69. The summed E-state index contributed by atoms with van der Waals surface area (Å²) in [5.74, 6) is 0.0403. The zero-order valence-corrected chi connectivity index (χ0v) is 12.8. The van der Waals surface area contributed by atoms with E-state index in [9.17, 15) is 4.79 Å². The second-order valence-electron chi connectivity index (χ2n) is 4.78. The van der Waals surface area contributed by atoms with Crippen molar-refractivity contribution in [2.75, 3.05) is 13.2 Å². The molecule has 0 atom stereocenters. The summed E-state index contributed by atoms with van der Waals surface area (Å²) in [6.07, 6.45) is 5.94. The van der Waals surface area contributed by atoms with E-state index in [2.05, 4.69) is 18.8 Å². The Morgan fingerprint density at radius 2 is 2.25 bits per heavy atom. The van der Waals surface area contributed by atoms with Crippen LogP contribution in [0.5, 0.6) is 0 Å². The zero-order valence-electron chi connectivity index (χ0n) is 12.0. The van der Waals surface area contributed by atoms with Gasteiger partial charge in [-0.05, 0) is 12.8 Å². The number of amides is 1. The van der Waals surface area contributed by atoms with Crippen molar-refractivity contribution in [3.63, 3.8) is 0 Å². The second-order valence-corrected chi connectivity index (χ2v) is 5.66. The Morgan fingerprint density at radius 3 is 2.85 bits per heavy atom. The Labute approximate surface area is 122 Å². The Kier molecular flexibility index (Phi) is 5.14. The van der Waals surface area contributed by atoms with Crippen LogP contribution in [0.25, 0.3) is 4.96 Å². The van der Waals surface area contributed by atoms with Gasteiger partial charge in [0.25, 0.3) is 0 Å². The largest absolute Gasteiger partial charge is 0.395 e. The van der Waals surface area contributed by atoms with Crippen molar-refractivity contribution in [3.05, 3.63) is 23.5 Å². The minimum absolute atomic E-state index is 0.000516. The van der Waals surface area contributed by atoms with Crippen molar-refractivity contribution < 1.29 is 9.90 Å². The van der Waals surface area contributed by atoms with E-state index >= 15 is 0 Å². The number of hydrogen-bond donors (Lipinski definition) is 1. The number of rotatable bonds is 7. The quantitative estimate of drug-likeness (QED) is 0.849. The van der Waals surface area contributed by atoms with Crippen LogP contribution in [-0.4, -0.2) is 44.5 Å². The molecule has 2 aromatic rings. The first-order valence-electron chi connectivity index (χ1n) is 7.01. The highest BCUT2D eigenvalue weighted by molar-refractivity contribution is 7.15. The molecule has 0 spiro atoms. The molecule has 1 amide bonds. The van der Waals surface area contributed by atoms with Gasteiger partial charge in [-0.3, -0.25) is 9.20 Å². The summed E-state index contributed by atoms with van der Waals surface area (Å²) < 4.78 is 1.93. The van der Waals surface area contributed by atoms with Crippen molar-refractivity contribution in [2.45, 2.75) is 39.2 Å². The molecule has 0 saturated heterocycles. The van der Waals surface area contributed by atoms with Crippen LogP contribution < -0.4 is 0 Å². The maximum Gasteiger partial charge on any atom is 0.228 e. The second kappa shape index (κ2) is 6.85. The van der Waals surface area contributed by atoms with Crippen LogP contribution in [0.3, 0.4) is 0 Å². The smallest absolute Gasteiger partial charge is 0.228 e. The number of fused-ring (bicyclic) bond motifs is 1. The van der Waals surface area contributed by atoms with Crippen LogP contribution in [0.2, 0.25) is 0 Å². The SMILES string of the molecule is CCC(CC)N(CCO)C(=O)Cc1cn2ccsc2n1. The summed E-state index contributed by atoms with van der Waals surface area (Å²) in [5, 5.41) is 11.1. The molecule has 0 aliphatic rings. The molecule has 2 heterocycles. The highest BCUT2D eigenvalue weighted by Gasteiger charge is 2.21. The van der Waals surface area contributed by atoms with Crippen LogP contribution in [-0.2, 0) is 11.2 Å². The van der Waals surface area contributed by atoms with Crippen molar-refractivity contribution >= 4 is 22.2 Å². The van der Waals surface area contributed by atoms with Gasteiger partial charge in [0.15, 0.2) is 4.96 Å². The van der Waals surface area contributed by atoms with E-state index in [1.54, 1.807) is 16.2 Å². The third-order valence-electron chi connectivity index (χ3n) is 3.52. The molecule has 1 N–H and O–H groups in total. The summed E-state index contributed by atoms with van der Waals surface area (Å²) in [4.78, 5) is 19.6. The van der Waals surface area contributed by atoms with Gasteiger partial charge in [-0.1, -0.05) is 13.8 Å². The van der Waals surface area contributed by atoms with Crippen LogP contribution >= 0.6 is 11.3 Å². The maximum absolute atomic E-state index is 12.4. The van der Waals surface area contributed by atoms with Gasteiger partial charge in [-0.2, -0.15) is 0 Å². The average Bonchev–Trinajstić information content (AvgIpc) is 2.99. The number of thiazole rings is 1. The van der Waals surface area contributed by atoms with Gasteiger partial charge in [0.2, 0.25) is 5.91 Å². The van der Waals surface area contributed by atoms with E-state index in [4.69, 9.17) is 5.11 Å². The number of aliphatic hydroxyl groups is 1. The maximum atomic E-state index is 12.4. The molecule has 0 aromatic carbocycles.